The first-order valence-electron chi connectivity index (χ1n) is 7.76. The highest BCUT2D eigenvalue weighted by Crippen LogP contribution is 2.14. The predicted molar refractivity (Wildman–Crippen MR) is 88.6 cm³/mol. The molecule has 1 unspecified atom stereocenters. The van der Waals surface area contributed by atoms with Crippen LogP contribution in [-0.4, -0.2) is 35.1 Å². The highest BCUT2D eigenvalue weighted by Gasteiger charge is 2.15. The first kappa shape index (κ1) is 15.4. The van der Waals surface area contributed by atoms with Crippen LogP contribution in [-0.2, 0) is 4.74 Å². The summed E-state index contributed by atoms with van der Waals surface area (Å²) in [6, 6.07) is 9.28. The van der Waals surface area contributed by atoms with E-state index in [1.165, 1.54) is 6.33 Å². The summed E-state index contributed by atoms with van der Waals surface area (Å²) in [6.45, 7) is 3.51. The zero-order valence-corrected chi connectivity index (χ0v) is 13.1. The van der Waals surface area contributed by atoms with Gasteiger partial charge in [0.25, 0.3) is 5.91 Å². The largest absolute Gasteiger partial charge is 0.376 e. The minimum atomic E-state index is -0.253. The van der Waals surface area contributed by atoms with Crippen LogP contribution in [0.3, 0.4) is 0 Å². The van der Waals surface area contributed by atoms with E-state index < -0.39 is 0 Å². The van der Waals surface area contributed by atoms with E-state index in [1.54, 1.807) is 6.07 Å². The number of hydrogen-bond donors (Lipinski definition) is 2. The topological polar surface area (TPSA) is 76.1 Å². The Hall–Kier alpha value is -2.47. The molecule has 6 nitrogen and oxygen atoms in total. The molecule has 1 saturated heterocycles. The van der Waals surface area contributed by atoms with E-state index in [2.05, 4.69) is 20.6 Å². The van der Waals surface area contributed by atoms with E-state index in [9.17, 15) is 4.79 Å². The Labute approximate surface area is 135 Å². The van der Waals surface area contributed by atoms with Gasteiger partial charge in [-0.3, -0.25) is 4.79 Å². The fourth-order valence-corrected chi connectivity index (χ4v) is 2.43. The molecule has 1 aromatic carbocycles. The second kappa shape index (κ2) is 7.19. The van der Waals surface area contributed by atoms with Crippen molar-refractivity contribution in [2.45, 2.75) is 25.9 Å². The molecule has 2 N–H and O–H groups in total. The van der Waals surface area contributed by atoms with Gasteiger partial charge in [0, 0.05) is 24.9 Å². The molecule has 1 aromatic heterocycles. The third-order valence-electron chi connectivity index (χ3n) is 3.74. The van der Waals surface area contributed by atoms with Gasteiger partial charge in [0.05, 0.1) is 6.10 Å². The average Bonchev–Trinajstić information content (AvgIpc) is 3.09. The molecule has 0 radical (unpaired) electrons. The van der Waals surface area contributed by atoms with Gasteiger partial charge in [-0.1, -0.05) is 17.7 Å². The maximum absolute atomic E-state index is 12.3. The summed E-state index contributed by atoms with van der Waals surface area (Å²) in [5, 5.41) is 6.03. The Kier molecular flexibility index (Phi) is 4.83. The summed E-state index contributed by atoms with van der Waals surface area (Å²) in [5.74, 6) is 0.376. The number of ether oxygens (including phenoxy) is 1. The van der Waals surface area contributed by atoms with E-state index in [-0.39, 0.29) is 12.0 Å². The monoisotopic (exact) mass is 312 g/mol. The lowest BCUT2D eigenvalue weighted by Crippen LogP contribution is -2.20. The Morgan fingerprint density at radius 2 is 2.13 bits per heavy atom. The standard InChI is InChI=1S/C17H20N4O2/c1-12-4-6-13(7-5-12)21-17(22)15-9-16(20-11-19-15)18-10-14-3-2-8-23-14/h4-7,9,11,14H,2-3,8,10H2,1H3,(H,21,22)(H,18,19,20). The molecule has 0 spiro atoms. The van der Waals surface area contributed by atoms with Crippen molar-refractivity contribution in [3.8, 4) is 0 Å². The molecule has 6 heteroatoms. The van der Waals surface area contributed by atoms with Crippen molar-refractivity contribution in [1.29, 1.82) is 0 Å². The quantitative estimate of drug-likeness (QED) is 0.887. The van der Waals surface area contributed by atoms with Crippen LogP contribution in [0.4, 0.5) is 11.5 Å². The third-order valence-corrected chi connectivity index (χ3v) is 3.74. The Bertz CT molecular complexity index is 667. The second-order valence-corrected chi connectivity index (χ2v) is 5.62. The van der Waals surface area contributed by atoms with Crippen molar-refractivity contribution >= 4 is 17.4 Å². The normalized spacial score (nSPS) is 17.0. The van der Waals surface area contributed by atoms with Crippen molar-refractivity contribution < 1.29 is 9.53 Å². The number of carbonyl (C=O) groups is 1. The highest BCUT2D eigenvalue weighted by atomic mass is 16.5. The number of aryl methyl sites for hydroxylation is 1. The van der Waals surface area contributed by atoms with Gasteiger partial charge in [0.2, 0.25) is 0 Å². The van der Waals surface area contributed by atoms with Crippen molar-refractivity contribution in [2.24, 2.45) is 0 Å². The molecule has 120 valence electrons. The summed E-state index contributed by atoms with van der Waals surface area (Å²) in [6.07, 6.45) is 3.76. The van der Waals surface area contributed by atoms with Gasteiger partial charge in [0.1, 0.15) is 17.8 Å². The molecule has 2 heterocycles. The van der Waals surface area contributed by atoms with E-state index in [0.29, 0.717) is 18.1 Å². The minimum Gasteiger partial charge on any atom is -0.376 e. The summed E-state index contributed by atoms with van der Waals surface area (Å²) in [5.41, 5.74) is 2.22. The molecule has 23 heavy (non-hydrogen) atoms. The van der Waals surface area contributed by atoms with E-state index in [4.69, 9.17) is 4.74 Å². The van der Waals surface area contributed by atoms with Crippen LogP contribution in [0, 0.1) is 6.92 Å². The molecular formula is C17H20N4O2. The van der Waals surface area contributed by atoms with Crippen LogP contribution in [0.25, 0.3) is 0 Å². The first-order valence-corrected chi connectivity index (χ1v) is 7.76. The maximum Gasteiger partial charge on any atom is 0.274 e. The summed E-state index contributed by atoms with van der Waals surface area (Å²) < 4.78 is 5.56. The van der Waals surface area contributed by atoms with Gasteiger partial charge < -0.3 is 15.4 Å². The number of rotatable bonds is 5. The van der Waals surface area contributed by atoms with Crippen LogP contribution in [0.5, 0.6) is 0 Å². The molecule has 0 aliphatic carbocycles. The molecule has 1 atom stereocenters. The zero-order chi connectivity index (χ0) is 16.1. The lowest BCUT2D eigenvalue weighted by Gasteiger charge is -2.11. The van der Waals surface area contributed by atoms with Gasteiger partial charge in [-0.15, -0.1) is 0 Å². The second-order valence-electron chi connectivity index (χ2n) is 5.62. The van der Waals surface area contributed by atoms with Gasteiger partial charge >= 0.3 is 0 Å². The fraction of sp³-hybridized carbons (Fsp3) is 0.353. The van der Waals surface area contributed by atoms with Gasteiger partial charge in [0.15, 0.2) is 0 Å². The van der Waals surface area contributed by atoms with Crippen LogP contribution in [0.1, 0.15) is 28.9 Å². The number of carbonyl (C=O) groups excluding carboxylic acids is 1. The lowest BCUT2D eigenvalue weighted by molar-refractivity contribution is 0.102. The first-order chi connectivity index (χ1) is 11.2. The van der Waals surface area contributed by atoms with Gasteiger partial charge in [-0.25, -0.2) is 9.97 Å². The highest BCUT2D eigenvalue weighted by molar-refractivity contribution is 6.03. The molecule has 2 aromatic rings. The summed E-state index contributed by atoms with van der Waals surface area (Å²) in [4.78, 5) is 20.4. The number of amides is 1. The Morgan fingerprint density at radius 1 is 1.30 bits per heavy atom. The number of benzene rings is 1. The van der Waals surface area contributed by atoms with E-state index in [0.717, 1.165) is 30.7 Å². The molecule has 0 saturated carbocycles. The molecule has 3 rings (SSSR count). The van der Waals surface area contributed by atoms with E-state index >= 15 is 0 Å². The Balaban J connectivity index is 1.61. The van der Waals surface area contributed by atoms with Gasteiger partial charge in [-0.05, 0) is 31.9 Å². The summed E-state index contributed by atoms with van der Waals surface area (Å²) in [7, 11) is 0. The summed E-state index contributed by atoms with van der Waals surface area (Å²) >= 11 is 0. The third kappa shape index (κ3) is 4.26. The number of aromatic nitrogens is 2. The fourth-order valence-electron chi connectivity index (χ4n) is 2.43. The number of nitrogens with one attached hydrogen (secondary N) is 2. The lowest BCUT2D eigenvalue weighted by atomic mass is 10.2. The number of anilines is 2. The Morgan fingerprint density at radius 3 is 2.87 bits per heavy atom. The van der Waals surface area contributed by atoms with Gasteiger partial charge in [-0.2, -0.15) is 0 Å². The van der Waals surface area contributed by atoms with Crippen molar-refractivity contribution in [3.63, 3.8) is 0 Å². The van der Waals surface area contributed by atoms with Crippen molar-refractivity contribution in [1.82, 2.24) is 9.97 Å². The molecule has 1 aliphatic heterocycles. The van der Waals surface area contributed by atoms with Crippen molar-refractivity contribution in [2.75, 3.05) is 23.8 Å². The van der Waals surface area contributed by atoms with Crippen LogP contribution < -0.4 is 10.6 Å². The molecular weight excluding hydrogens is 292 g/mol. The molecule has 1 fully saturated rings. The van der Waals surface area contributed by atoms with E-state index in [1.807, 2.05) is 31.2 Å². The predicted octanol–water partition coefficient (Wildman–Crippen LogP) is 2.63. The number of hydrogen-bond acceptors (Lipinski definition) is 5. The minimum absolute atomic E-state index is 0.217. The molecule has 1 amide bonds. The SMILES string of the molecule is Cc1ccc(NC(=O)c2cc(NCC3CCCO3)ncn2)cc1. The van der Waals surface area contributed by atoms with Crippen LogP contribution in [0.15, 0.2) is 36.7 Å². The zero-order valence-electron chi connectivity index (χ0n) is 13.1. The number of nitrogens with zero attached hydrogens (tertiary/aromatic N) is 2. The smallest absolute Gasteiger partial charge is 0.274 e. The van der Waals surface area contributed by atoms with Crippen molar-refractivity contribution in [3.05, 3.63) is 47.9 Å². The average molecular weight is 312 g/mol. The maximum atomic E-state index is 12.3. The van der Waals surface area contributed by atoms with Crippen LogP contribution >= 0.6 is 0 Å². The molecule has 0 bridgehead atoms. The molecule has 1 aliphatic rings. The van der Waals surface area contributed by atoms with Crippen LogP contribution in [0.2, 0.25) is 0 Å².